The van der Waals surface area contributed by atoms with Crippen molar-refractivity contribution in [3.05, 3.63) is 71.3 Å². The van der Waals surface area contributed by atoms with Crippen LogP contribution in [-0.2, 0) is 14.3 Å². The number of aliphatic hydroxyl groups excluding tert-OH is 1. The highest BCUT2D eigenvalue weighted by molar-refractivity contribution is 5.89. The fraction of sp³-hybridized carbons (Fsp3) is 0.481. The second kappa shape index (κ2) is 8.26. The molecule has 1 fully saturated rings. The molecule has 1 aromatic rings. The molecular formula is C27H32O6. The first kappa shape index (κ1) is 23.5. The van der Waals surface area contributed by atoms with Gasteiger partial charge in [0.2, 0.25) is 0 Å². The number of carbonyl (C=O) groups is 2. The van der Waals surface area contributed by atoms with E-state index in [1.165, 1.54) is 6.08 Å². The summed E-state index contributed by atoms with van der Waals surface area (Å²) in [5, 5.41) is 23.3. The van der Waals surface area contributed by atoms with E-state index in [1.54, 1.807) is 37.3 Å². The SMILES string of the molecule is CC1=CCC[C@H]2[C@@]1(C)[C@@H](OC(=O)c1ccccc1)[C@H](O)[C@](C)(O)[C@]2(C)C=CC1=CC(=O)OC1. The molecule has 0 spiro atoms. The Morgan fingerprint density at radius 3 is 2.55 bits per heavy atom. The number of esters is 2. The largest absolute Gasteiger partial charge is 0.458 e. The summed E-state index contributed by atoms with van der Waals surface area (Å²) < 4.78 is 11.0. The molecule has 6 nitrogen and oxygen atoms in total. The molecule has 1 aromatic carbocycles. The van der Waals surface area contributed by atoms with Gasteiger partial charge in [0.05, 0.1) is 5.56 Å². The van der Waals surface area contributed by atoms with Gasteiger partial charge in [-0.3, -0.25) is 0 Å². The maximum Gasteiger partial charge on any atom is 0.338 e. The van der Waals surface area contributed by atoms with Crippen molar-refractivity contribution in [3.63, 3.8) is 0 Å². The second-order valence-corrected chi connectivity index (χ2v) is 10.0. The van der Waals surface area contributed by atoms with Gasteiger partial charge < -0.3 is 19.7 Å². The van der Waals surface area contributed by atoms with Gasteiger partial charge in [-0.25, -0.2) is 9.59 Å². The molecule has 0 radical (unpaired) electrons. The summed E-state index contributed by atoms with van der Waals surface area (Å²) in [7, 11) is 0. The van der Waals surface area contributed by atoms with Crippen molar-refractivity contribution in [1.29, 1.82) is 0 Å². The van der Waals surface area contributed by atoms with Crippen molar-refractivity contribution in [2.45, 2.75) is 58.3 Å². The lowest BCUT2D eigenvalue weighted by Crippen LogP contribution is -2.71. The van der Waals surface area contributed by atoms with Crippen LogP contribution in [0.5, 0.6) is 0 Å². The van der Waals surface area contributed by atoms with Gasteiger partial charge in [-0.15, -0.1) is 0 Å². The molecule has 1 saturated carbocycles. The Morgan fingerprint density at radius 2 is 1.91 bits per heavy atom. The van der Waals surface area contributed by atoms with Crippen LogP contribution in [0.1, 0.15) is 50.9 Å². The first-order chi connectivity index (χ1) is 15.5. The summed E-state index contributed by atoms with van der Waals surface area (Å²) in [5.74, 6) is -1.04. The van der Waals surface area contributed by atoms with Crippen molar-refractivity contribution in [3.8, 4) is 0 Å². The number of carbonyl (C=O) groups excluding carboxylic acids is 2. The molecule has 1 heterocycles. The van der Waals surface area contributed by atoms with Crippen molar-refractivity contribution in [2.24, 2.45) is 16.7 Å². The van der Waals surface area contributed by atoms with Crippen LogP contribution in [0.25, 0.3) is 0 Å². The molecule has 3 aliphatic rings. The van der Waals surface area contributed by atoms with E-state index in [4.69, 9.17) is 9.47 Å². The van der Waals surface area contributed by atoms with Gasteiger partial charge in [0.25, 0.3) is 0 Å². The minimum atomic E-state index is -1.60. The number of cyclic esters (lactones) is 1. The van der Waals surface area contributed by atoms with Crippen LogP contribution < -0.4 is 0 Å². The number of hydrogen-bond donors (Lipinski definition) is 2. The lowest BCUT2D eigenvalue weighted by molar-refractivity contribution is -0.251. The number of rotatable bonds is 4. The monoisotopic (exact) mass is 452 g/mol. The Morgan fingerprint density at radius 1 is 1.21 bits per heavy atom. The van der Waals surface area contributed by atoms with Gasteiger partial charge >= 0.3 is 11.9 Å². The number of aliphatic hydroxyl groups is 2. The third-order valence-corrected chi connectivity index (χ3v) is 8.32. The summed E-state index contributed by atoms with van der Waals surface area (Å²) >= 11 is 0. The van der Waals surface area contributed by atoms with E-state index in [1.807, 2.05) is 32.9 Å². The molecule has 176 valence electrons. The molecule has 0 unspecified atom stereocenters. The molecule has 0 bridgehead atoms. The summed E-state index contributed by atoms with van der Waals surface area (Å²) in [6, 6.07) is 8.68. The van der Waals surface area contributed by atoms with Gasteiger partial charge in [-0.1, -0.05) is 55.8 Å². The van der Waals surface area contributed by atoms with Crippen LogP contribution in [0.2, 0.25) is 0 Å². The first-order valence-electron chi connectivity index (χ1n) is 11.4. The minimum Gasteiger partial charge on any atom is -0.458 e. The van der Waals surface area contributed by atoms with E-state index in [2.05, 4.69) is 6.08 Å². The molecule has 0 saturated heterocycles. The molecule has 4 rings (SSSR count). The zero-order chi connectivity index (χ0) is 24.0. The number of allylic oxidation sites excluding steroid dienone is 1. The zero-order valence-electron chi connectivity index (χ0n) is 19.6. The lowest BCUT2D eigenvalue weighted by Gasteiger charge is -2.64. The van der Waals surface area contributed by atoms with Gasteiger partial charge in [-0.05, 0) is 50.3 Å². The number of fused-ring (bicyclic) bond motifs is 1. The number of benzene rings is 1. The summed E-state index contributed by atoms with van der Waals surface area (Å²) in [6.45, 7) is 7.73. The molecular weight excluding hydrogens is 420 g/mol. The van der Waals surface area contributed by atoms with E-state index < -0.39 is 34.6 Å². The molecule has 2 N–H and O–H groups in total. The molecule has 6 atom stereocenters. The third kappa shape index (κ3) is 3.65. The van der Waals surface area contributed by atoms with Crippen molar-refractivity contribution < 1.29 is 29.3 Å². The Labute approximate surface area is 194 Å². The summed E-state index contributed by atoms with van der Waals surface area (Å²) in [6.07, 6.45) is 6.57. The highest BCUT2D eigenvalue weighted by Gasteiger charge is 2.68. The molecule has 2 aliphatic carbocycles. The van der Waals surface area contributed by atoms with Gasteiger partial charge in [0.1, 0.15) is 24.4 Å². The highest BCUT2D eigenvalue weighted by Crippen LogP contribution is 2.63. The Hall–Kier alpha value is -2.70. The van der Waals surface area contributed by atoms with Gasteiger partial charge in [0.15, 0.2) is 0 Å². The average Bonchev–Trinajstić information content (AvgIpc) is 3.21. The molecule has 0 amide bonds. The van der Waals surface area contributed by atoms with Crippen LogP contribution in [0, 0.1) is 16.7 Å². The van der Waals surface area contributed by atoms with E-state index >= 15 is 0 Å². The normalized spacial score (nSPS) is 38.4. The topological polar surface area (TPSA) is 93.1 Å². The molecule has 1 aliphatic heterocycles. The second-order valence-electron chi connectivity index (χ2n) is 10.0. The Balaban J connectivity index is 1.76. The van der Waals surface area contributed by atoms with Crippen LogP contribution in [0.15, 0.2) is 65.8 Å². The lowest BCUT2D eigenvalue weighted by atomic mass is 9.44. The van der Waals surface area contributed by atoms with E-state index in [-0.39, 0.29) is 18.5 Å². The number of ether oxygens (including phenoxy) is 2. The molecule has 33 heavy (non-hydrogen) atoms. The van der Waals surface area contributed by atoms with Crippen LogP contribution in [0.3, 0.4) is 0 Å². The molecule has 0 aromatic heterocycles. The summed E-state index contributed by atoms with van der Waals surface area (Å²) in [4.78, 5) is 24.5. The fourth-order valence-corrected chi connectivity index (χ4v) is 5.90. The van der Waals surface area contributed by atoms with Crippen molar-refractivity contribution >= 4 is 11.9 Å². The standard InChI is InChI=1S/C27H32O6/c1-17-9-8-12-20-25(2,14-13-18-15-21(28)32-16-18)27(4,31)22(29)23(26(17,20)3)33-24(30)19-10-6-5-7-11-19/h5-7,9-11,13-15,20,22-23,29,31H,8,12,16H2,1-4H3/t20-,22+,23+,25-,26+,27+/m1/s1. The minimum absolute atomic E-state index is 0.128. The maximum atomic E-state index is 13.0. The predicted octanol–water partition coefficient (Wildman–Crippen LogP) is 3.75. The van der Waals surface area contributed by atoms with Crippen LogP contribution in [-0.4, -0.2) is 46.6 Å². The van der Waals surface area contributed by atoms with Crippen molar-refractivity contribution in [2.75, 3.05) is 6.61 Å². The van der Waals surface area contributed by atoms with Crippen LogP contribution in [0.4, 0.5) is 0 Å². The summed E-state index contributed by atoms with van der Waals surface area (Å²) in [5.41, 5.74) is -1.02. The van der Waals surface area contributed by atoms with E-state index in [0.29, 0.717) is 11.1 Å². The Bertz CT molecular complexity index is 1040. The van der Waals surface area contributed by atoms with Gasteiger partial charge in [-0.2, -0.15) is 0 Å². The maximum absolute atomic E-state index is 13.0. The Kier molecular flexibility index (Phi) is 5.87. The number of hydrogen-bond acceptors (Lipinski definition) is 6. The average molecular weight is 453 g/mol. The van der Waals surface area contributed by atoms with Crippen molar-refractivity contribution in [1.82, 2.24) is 0 Å². The molecule has 6 heteroatoms. The van der Waals surface area contributed by atoms with Crippen LogP contribution >= 0.6 is 0 Å². The predicted molar refractivity (Wildman–Crippen MR) is 123 cm³/mol. The zero-order valence-corrected chi connectivity index (χ0v) is 19.6. The highest BCUT2D eigenvalue weighted by atomic mass is 16.6. The van der Waals surface area contributed by atoms with Gasteiger partial charge in [0, 0.05) is 16.9 Å². The van der Waals surface area contributed by atoms with E-state index in [9.17, 15) is 19.8 Å². The van der Waals surface area contributed by atoms with E-state index in [0.717, 1.165) is 18.4 Å². The fourth-order valence-electron chi connectivity index (χ4n) is 5.90. The smallest absolute Gasteiger partial charge is 0.338 e. The third-order valence-electron chi connectivity index (χ3n) is 8.32. The first-order valence-corrected chi connectivity index (χ1v) is 11.4. The quantitative estimate of drug-likeness (QED) is 0.534.